The third kappa shape index (κ3) is 2.93. The zero-order valence-electron chi connectivity index (χ0n) is 11.8. The Bertz CT molecular complexity index is 800. The van der Waals surface area contributed by atoms with Gasteiger partial charge in [0.2, 0.25) is 0 Å². The Balaban J connectivity index is 2.15. The average Bonchev–Trinajstić information content (AvgIpc) is 2.47. The fourth-order valence-electron chi connectivity index (χ4n) is 2.20. The summed E-state index contributed by atoms with van der Waals surface area (Å²) in [5, 5.41) is 0.418. The van der Waals surface area contributed by atoms with Gasteiger partial charge < -0.3 is 0 Å². The Hall–Kier alpha value is -2.26. The van der Waals surface area contributed by atoms with Gasteiger partial charge in [0.1, 0.15) is 10.8 Å². The third-order valence-electron chi connectivity index (χ3n) is 3.23. The van der Waals surface area contributed by atoms with Crippen LogP contribution in [0.1, 0.15) is 11.3 Å². The SMILES string of the molecule is Cc1cccc(-c2nc(Cl)cc(-c3ccccc3C)n2)n1. The fraction of sp³-hybridized carbons (Fsp3) is 0.118. The maximum absolute atomic E-state index is 6.16. The van der Waals surface area contributed by atoms with E-state index in [2.05, 4.69) is 27.9 Å². The molecule has 2 aromatic heterocycles. The minimum absolute atomic E-state index is 0.418. The van der Waals surface area contributed by atoms with Gasteiger partial charge in [-0.3, -0.25) is 0 Å². The summed E-state index contributed by atoms with van der Waals surface area (Å²) in [4.78, 5) is 13.4. The van der Waals surface area contributed by atoms with Crippen LogP contribution in [0.15, 0.2) is 48.5 Å². The fourth-order valence-corrected chi connectivity index (χ4v) is 2.38. The zero-order valence-corrected chi connectivity index (χ0v) is 12.6. The third-order valence-corrected chi connectivity index (χ3v) is 3.43. The normalized spacial score (nSPS) is 10.6. The second kappa shape index (κ2) is 5.62. The molecule has 0 amide bonds. The molecule has 0 fully saturated rings. The minimum atomic E-state index is 0.418. The molecule has 0 N–H and O–H groups in total. The van der Waals surface area contributed by atoms with Crippen LogP contribution in [0.25, 0.3) is 22.8 Å². The maximum Gasteiger partial charge on any atom is 0.180 e. The summed E-state index contributed by atoms with van der Waals surface area (Å²) in [6.45, 7) is 3.99. The summed E-state index contributed by atoms with van der Waals surface area (Å²) in [5.41, 5.74) is 4.67. The van der Waals surface area contributed by atoms with Gasteiger partial charge >= 0.3 is 0 Å². The predicted octanol–water partition coefficient (Wildman–Crippen LogP) is 4.48. The predicted molar refractivity (Wildman–Crippen MR) is 85.2 cm³/mol. The zero-order chi connectivity index (χ0) is 14.8. The smallest absolute Gasteiger partial charge is 0.180 e. The Morgan fingerprint density at radius 3 is 2.38 bits per heavy atom. The molecule has 0 aliphatic carbocycles. The number of rotatable bonds is 2. The molecule has 3 nitrogen and oxygen atoms in total. The van der Waals surface area contributed by atoms with Crippen LogP contribution in [0.5, 0.6) is 0 Å². The summed E-state index contributed by atoms with van der Waals surface area (Å²) >= 11 is 6.16. The topological polar surface area (TPSA) is 38.7 Å². The van der Waals surface area contributed by atoms with Crippen molar-refractivity contribution in [3.63, 3.8) is 0 Å². The molecular weight excluding hydrogens is 282 g/mol. The van der Waals surface area contributed by atoms with Crippen LogP contribution in [0.2, 0.25) is 5.15 Å². The first kappa shape index (κ1) is 13.7. The summed E-state index contributed by atoms with van der Waals surface area (Å²) in [7, 11) is 0. The standard InChI is InChI=1S/C17H14ClN3/c1-11-6-3-4-8-13(11)15-10-16(18)21-17(20-15)14-9-5-7-12(2)19-14/h3-10H,1-2H3. The number of hydrogen-bond donors (Lipinski definition) is 0. The van der Waals surface area contributed by atoms with E-state index in [4.69, 9.17) is 11.6 Å². The van der Waals surface area contributed by atoms with Gasteiger partial charge in [-0.2, -0.15) is 0 Å². The molecule has 0 saturated heterocycles. The van der Waals surface area contributed by atoms with Gasteiger partial charge in [-0.15, -0.1) is 0 Å². The molecule has 0 spiro atoms. The van der Waals surface area contributed by atoms with Gasteiger partial charge in [-0.1, -0.05) is 41.9 Å². The van der Waals surface area contributed by atoms with E-state index in [-0.39, 0.29) is 0 Å². The molecule has 0 saturated carbocycles. The Morgan fingerprint density at radius 1 is 0.810 bits per heavy atom. The van der Waals surface area contributed by atoms with Crippen molar-refractivity contribution in [1.29, 1.82) is 0 Å². The van der Waals surface area contributed by atoms with E-state index in [1.807, 2.05) is 43.3 Å². The molecule has 4 heteroatoms. The van der Waals surface area contributed by atoms with Crippen molar-refractivity contribution in [2.75, 3.05) is 0 Å². The number of aryl methyl sites for hydroxylation is 2. The molecule has 0 aliphatic rings. The lowest BCUT2D eigenvalue weighted by Crippen LogP contribution is -1.96. The minimum Gasteiger partial charge on any atom is -0.250 e. The number of aromatic nitrogens is 3. The van der Waals surface area contributed by atoms with E-state index in [9.17, 15) is 0 Å². The van der Waals surface area contributed by atoms with E-state index in [0.29, 0.717) is 11.0 Å². The van der Waals surface area contributed by atoms with Crippen molar-refractivity contribution < 1.29 is 0 Å². The van der Waals surface area contributed by atoms with Crippen LogP contribution in [0, 0.1) is 13.8 Å². The van der Waals surface area contributed by atoms with Gasteiger partial charge in [-0.25, -0.2) is 15.0 Å². The molecule has 0 aliphatic heterocycles. The molecule has 1 aromatic carbocycles. The number of halogens is 1. The lowest BCUT2D eigenvalue weighted by molar-refractivity contribution is 1.11. The molecular formula is C17H14ClN3. The van der Waals surface area contributed by atoms with Crippen LogP contribution < -0.4 is 0 Å². The van der Waals surface area contributed by atoms with E-state index < -0.39 is 0 Å². The van der Waals surface area contributed by atoms with Crippen LogP contribution in [0.3, 0.4) is 0 Å². The molecule has 0 bridgehead atoms. The molecule has 0 unspecified atom stereocenters. The second-order valence-electron chi connectivity index (χ2n) is 4.88. The van der Waals surface area contributed by atoms with E-state index in [1.54, 1.807) is 6.07 Å². The van der Waals surface area contributed by atoms with E-state index in [0.717, 1.165) is 28.2 Å². The maximum atomic E-state index is 6.16. The van der Waals surface area contributed by atoms with Gasteiger partial charge in [0.05, 0.1) is 5.69 Å². The first-order chi connectivity index (χ1) is 10.1. The van der Waals surface area contributed by atoms with Gasteiger partial charge in [0.15, 0.2) is 5.82 Å². The van der Waals surface area contributed by atoms with Crippen LogP contribution >= 0.6 is 11.6 Å². The van der Waals surface area contributed by atoms with Crippen molar-refractivity contribution in [3.8, 4) is 22.8 Å². The molecule has 0 radical (unpaired) electrons. The Labute approximate surface area is 128 Å². The number of pyridine rings is 1. The van der Waals surface area contributed by atoms with Crippen molar-refractivity contribution >= 4 is 11.6 Å². The summed E-state index contributed by atoms with van der Waals surface area (Å²) in [5.74, 6) is 0.546. The summed E-state index contributed by atoms with van der Waals surface area (Å²) in [6, 6.07) is 15.6. The number of nitrogens with zero attached hydrogens (tertiary/aromatic N) is 3. The van der Waals surface area contributed by atoms with Crippen LogP contribution in [0.4, 0.5) is 0 Å². The Morgan fingerprint density at radius 2 is 1.62 bits per heavy atom. The quantitative estimate of drug-likeness (QED) is 0.654. The highest BCUT2D eigenvalue weighted by Gasteiger charge is 2.10. The highest BCUT2D eigenvalue weighted by molar-refractivity contribution is 6.29. The molecule has 21 heavy (non-hydrogen) atoms. The molecule has 2 heterocycles. The highest BCUT2D eigenvalue weighted by atomic mass is 35.5. The van der Waals surface area contributed by atoms with Crippen LogP contribution in [-0.4, -0.2) is 15.0 Å². The number of hydrogen-bond acceptors (Lipinski definition) is 3. The second-order valence-corrected chi connectivity index (χ2v) is 5.27. The molecule has 3 aromatic rings. The lowest BCUT2D eigenvalue weighted by Gasteiger charge is -2.08. The van der Waals surface area contributed by atoms with Crippen LogP contribution in [-0.2, 0) is 0 Å². The average molecular weight is 296 g/mol. The number of benzene rings is 1. The molecule has 3 rings (SSSR count). The van der Waals surface area contributed by atoms with E-state index in [1.165, 1.54) is 0 Å². The van der Waals surface area contributed by atoms with Gasteiger partial charge in [-0.05, 0) is 31.5 Å². The summed E-state index contributed by atoms with van der Waals surface area (Å²) < 4.78 is 0. The van der Waals surface area contributed by atoms with Crippen molar-refractivity contribution in [2.24, 2.45) is 0 Å². The van der Waals surface area contributed by atoms with Gasteiger partial charge in [0.25, 0.3) is 0 Å². The van der Waals surface area contributed by atoms with Crippen molar-refractivity contribution in [2.45, 2.75) is 13.8 Å². The molecule has 104 valence electrons. The Kier molecular flexibility index (Phi) is 3.67. The van der Waals surface area contributed by atoms with Gasteiger partial charge in [0, 0.05) is 17.3 Å². The lowest BCUT2D eigenvalue weighted by atomic mass is 10.1. The van der Waals surface area contributed by atoms with E-state index >= 15 is 0 Å². The van der Waals surface area contributed by atoms with Crippen molar-refractivity contribution in [1.82, 2.24) is 15.0 Å². The monoisotopic (exact) mass is 295 g/mol. The van der Waals surface area contributed by atoms with Crippen molar-refractivity contribution in [3.05, 3.63) is 64.9 Å². The largest absolute Gasteiger partial charge is 0.250 e. The first-order valence-corrected chi connectivity index (χ1v) is 7.06. The first-order valence-electron chi connectivity index (χ1n) is 6.68. The summed E-state index contributed by atoms with van der Waals surface area (Å²) in [6.07, 6.45) is 0. The highest BCUT2D eigenvalue weighted by Crippen LogP contribution is 2.25. The molecule has 0 atom stereocenters.